The monoisotopic (exact) mass is 176 g/mol. The summed E-state index contributed by atoms with van der Waals surface area (Å²) in [5.74, 6) is 1.22. The molecule has 66 valence electrons. The molecular weight excluding hydrogens is 160 g/mol. The van der Waals surface area contributed by atoms with Gasteiger partial charge in [0, 0.05) is 5.75 Å². The van der Waals surface area contributed by atoms with Crippen LogP contribution in [0.15, 0.2) is 0 Å². The first-order valence-corrected chi connectivity index (χ1v) is 6.16. The molecule has 0 spiro atoms. The van der Waals surface area contributed by atoms with Crippen LogP contribution in [0.1, 0.15) is 32.6 Å². The lowest BCUT2D eigenvalue weighted by molar-refractivity contribution is 0.560. The van der Waals surface area contributed by atoms with Crippen LogP contribution in [0.3, 0.4) is 0 Å². The minimum absolute atomic E-state index is 0.309. The van der Waals surface area contributed by atoms with E-state index in [0.29, 0.717) is 17.4 Å². The highest BCUT2D eigenvalue weighted by Gasteiger charge is 2.20. The zero-order chi connectivity index (χ0) is 8.32. The summed E-state index contributed by atoms with van der Waals surface area (Å²) in [4.78, 5) is 0. The molecule has 0 bridgehead atoms. The molecule has 2 nitrogen and oxygen atoms in total. The first kappa shape index (κ1) is 9.04. The minimum Gasteiger partial charge on any atom is -0.229 e. The van der Waals surface area contributed by atoms with Crippen LogP contribution < -0.4 is 0 Å². The molecule has 0 unspecified atom stereocenters. The summed E-state index contributed by atoms with van der Waals surface area (Å²) >= 11 is 0. The van der Waals surface area contributed by atoms with Crippen LogP contribution in [-0.2, 0) is 9.84 Å². The van der Waals surface area contributed by atoms with E-state index in [1.54, 1.807) is 6.92 Å². The maximum Gasteiger partial charge on any atom is 0.150 e. The lowest BCUT2D eigenvalue weighted by atomic mass is 10.1. The van der Waals surface area contributed by atoms with Crippen LogP contribution in [0.5, 0.6) is 0 Å². The number of sulfone groups is 1. The second-order valence-corrected chi connectivity index (χ2v) is 5.75. The van der Waals surface area contributed by atoms with Gasteiger partial charge in [-0.15, -0.1) is 0 Å². The van der Waals surface area contributed by atoms with Crippen molar-refractivity contribution in [2.45, 2.75) is 32.6 Å². The molecule has 0 aromatic rings. The lowest BCUT2D eigenvalue weighted by Crippen LogP contribution is -2.15. The minimum atomic E-state index is -2.70. The Morgan fingerprint density at radius 2 is 1.82 bits per heavy atom. The Morgan fingerprint density at radius 3 is 2.27 bits per heavy atom. The van der Waals surface area contributed by atoms with Gasteiger partial charge in [0.15, 0.2) is 0 Å². The smallest absolute Gasteiger partial charge is 0.150 e. The maximum absolute atomic E-state index is 11.2. The highest BCUT2D eigenvalue weighted by molar-refractivity contribution is 7.91. The molecule has 1 saturated carbocycles. The molecule has 0 aromatic carbocycles. The van der Waals surface area contributed by atoms with Crippen LogP contribution in [-0.4, -0.2) is 19.9 Å². The Labute approximate surface area is 68.9 Å². The molecular formula is C8H16O2S. The number of hydrogen-bond acceptors (Lipinski definition) is 2. The summed E-state index contributed by atoms with van der Waals surface area (Å²) in [7, 11) is -2.70. The average molecular weight is 176 g/mol. The fourth-order valence-electron chi connectivity index (χ4n) is 1.65. The van der Waals surface area contributed by atoms with Crippen LogP contribution in [0.2, 0.25) is 0 Å². The second-order valence-electron chi connectivity index (χ2n) is 3.35. The highest BCUT2D eigenvalue weighted by atomic mass is 32.2. The first-order chi connectivity index (χ1) is 5.14. The van der Waals surface area contributed by atoms with E-state index in [1.165, 1.54) is 12.8 Å². The van der Waals surface area contributed by atoms with Crippen molar-refractivity contribution in [2.24, 2.45) is 5.92 Å². The van der Waals surface area contributed by atoms with Crippen molar-refractivity contribution in [1.29, 1.82) is 0 Å². The molecule has 0 saturated heterocycles. The fraction of sp³-hybridized carbons (Fsp3) is 1.00. The summed E-state index contributed by atoms with van der Waals surface area (Å²) in [5.41, 5.74) is 0. The van der Waals surface area contributed by atoms with Crippen molar-refractivity contribution in [3.63, 3.8) is 0 Å². The summed E-state index contributed by atoms with van der Waals surface area (Å²) < 4.78 is 22.3. The van der Waals surface area contributed by atoms with Gasteiger partial charge in [-0.1, -0.05) is 19.8 Å². The van der Waals surface area contributed by atoms with E-state index in [-0.39, 0.29) is 0 Å². The molecule has 0 atom stereocenters. The van der Waals surface area contributed by atoms with E-state index >= 15 is 0 Å². The lowest BCUT2D eigenvalue weighted by Gasteiger charge is -2.07. The van der Waals surface area contributed by atoms with E-state index in [9.17, 15) is 8.42 Å². The summed E-state index contributed by atoms with van der Waals surface area (Å²) in [6, 6.07) is 0. The number of hydrogen-bond donors (Lipinski definition) is 0. The van der Waals surface area contributed by atoms with Gasteiger partial charge in [0.2, 0.25) is 0 Å². The van der Waals surface area contributed by atoms with E-state index in [1.807, 2.05) is 0 Å². The van der Waals surface area contributed by atoms with Gasteiger partial charge in [-0.2, -0.15) is 0 Å². The largest absolute Gasteiger partial charge is 0.229 e. The van der Waals surface area contributed by atoms with Crippen molar-refractivity contribution >= 4 is 9.84 Å². The molecule has 0 heterocycles. The van der Waals surface area contributed by atoms with Gasteiger partial charge >= 0.3 is 0 Å². The molecule has 3 heteroatoms. The second kappa shape index (κ2) is 3.57. The summed E-state index contributed by atoms with van der Waals surface area (Å²) in [5, 5.41) is 0. The van der Waals surface area contributed by atoms with E-state index in [0.717, 1.165) is 12.8 Å². The van der Waals surface area contributed by atoms with E-state index < -0.39 is 9.84 Å². The molecule has 1 rings (SSSR count). The van der Waals surface area contributed by atoms with Gasteiger partial charge in [-0.05, 0) is 18.8 Å². The molecule has 0 amide bonds. The van der Waals surface area contributed by atoms with E-state index in [2.05, 4.69) is 0 Å². The van der Waals surface area contributed by atoms with Crippen molar-refractivity contribution in [3.8, 4) is 0 Å². The van der Waals surface area contributed by atoms with Gasteiger partial charge in [0.25, 0.3) is 0 Å². The predicted octanol–water partition coefficient (Wildman–Crippen LogP) is 1.61. The highest BCUT2D eigenvalue weighted by Crippen LogP contribution is 2.25. The quantitative estimate of drug-likeness (QED) is 0.654. The Balaban J connectivity index is 2.41. The predicted molar refractivity (Wildman–Crippen MR) is 46.3 cm³/mol. The van der Waals surface area contributed by atoms with Crippen LogP contribution in [0.4, 0.5) is 0 Å². The normalized spacial score (nSPS) is 20.8. The third-order valence-electron chi connectivity index (χ3n) is 2.40. The Hall–Kier alpha value is -0.0500. The molecule has 0 N–H and O–H groups in total. The Morgan fingerprint density at radius 1 is 1.27 bits per heavy atom. The fourth-order valence-corrected chi connectivity index (χ4v) is 2.94. The molecule has 1 aliphatic carbocycles. The van der Waals surface area contributed by atoms with Gasteiger partial charge < -0.3 is 0 Å². The van der Waals surface area contributed by atoms with Gasteiger partial charge in [0.05, 0.1) is 5.75 Å². The number of rotatable bonds is 3. The molecule has 0 aromatic heterocycles. The average Bonchev–Trinajstić information content (AvgIpc) is 2.39. The van der Waals surface area contributed by atoms with Gasteiger partial charge in [0.1, 0.15) is 9.84 Å². The van der Waals surface area contributed by atoms with Crippen molar-refractivity contribution < 1.29 is 8.42 Å². The van der Waals surface area contributed by atoms with Crippen LogP contribution in [0.25, 0.3) is 0 Å². The SMILES string of the molecule is CCS(=O)(=O)CC1CCCC1. The zero-order valence-electron chi connectivity index (χ0n) is 7.04. The van der Waals surface area contributed by atoms with E-state index in [4.69, 9.17) is 0 Å². The van der Waals surface area contributed by atoms with Gasteiger partial charge in [-0.25, -0.2) is 8.42 Å². The van der Waals surface area contributed by atoms with Crippen molar-refractivity contribution in [1.82, 2.24) is 0 Å². The summed E-state index contributed by atoms with van der Waals surface area (Å²) in [6.07, 6.45) is 4.70. The zero-order valence-corrected chi connectivity index (χ0v) is 7.86. The topological polar surface area (TPSA) is 34.1 Å². The molecule has 11 heavy (non-hydrogen) atoms. The third-order valence-corrected chi connectivity index (χ3v) is 4.26. The van der Waals surface area contributed by atoms with Crippen LogP contribution in [0, 0.1) is 5.92 Å². The first-order valence-electron chi connectivity index (χ1n) is 4.34. The Bertz CT molecular complexity index is 200. The summed E-state index contributed by atoms with van der Waals surface area (Å²) in [6.45, 7) is 1.73. The maximum atomic E-state index is 11.2. The molecule has 1 aliphatic rings. The van der Waals surface area contributed by atoms with Gasteiger partial charge in [-0.3, -0.25) is 0 Å². The van der Waals surface area contributed by atoms with Crippen molar-refractivity contribution in [2.75, 3.05) is 11.5 Å². The molecule has 0 aliphatic heterocycles. The standard InChI is InChI=1S/C8H16O2S/c1-2-11(9,10)7-8-5-3-4-6-8/h8H,2-7H2,1H3. The molecule has 0 radical (unpaired) electrons. The molecule has 1 fully saturated rings. The third kappa shape index (κ3) is 2.81. The Kier molecular flexibility index (Phi) is 2.93. The van der Waals surface area contributed by atoms with Crippen molar-refractivity contribution in [3.05, 3.63) is 0 Å². The van der Waals surface area contributed by atoms with Crippen LogP contribution >= 0.6 is 0 Å².